The normalized spacial score (nSPS) is 11.3. The van der Waals surface area contributed by atoms with Gasteiger partial charge in [0.25, 0.3) is 0 Å². The molecule has 112 valence electrons. The number of aromatic nitrogens is 1. The molecular formula is C12H11ClN2O5S. The Morgan fingerprint density at radius 2 is 2.14 bits per heavy atom. The van der Waals surface area contributed by atoms with E-state index in [2.05, 4.69) is 9.88 Å². The molecule has 0 atom stereocenters. The lowest BCUT2D eigenvalue weighted by Crippen LogP contribution is -2.17. The fourth-order valence-electron chi connectivity index (χ4n) is 1.67. The number of sulfonamides is 1. The molecule has 1 aromatic heterocycles. The van der Waals surface area contributed by atoms with E-state index in [1.165, 1.54) is 24.3 Å². The van der Waals surface area contributed by atoms with Crippen molar-refractivity contribution in [3.63, 3.8) is 0 Å². The molecular weight excluding hydrogens is 320 g/mol. The molecule has 9 heteroatoms. The number of halogens is 1. The molecule has 0 aliphatic rings. The molecule has 2 N–H and O–H groups in total. The van der Waals surface area contributed by atoms with Crippen LogP contribution in [0.2, 0.25) is 5.02 Å². The van der Waals surface area contributed by atoms with E-state index in [0.717, 1.165) is 0 Å². The Bertz CT molecular complexity index is 785. The monoisotopic (exact) mass is 330 g/mol. The smallest absolute Gasteiger partial charge is 0.337 e. The maximum Gasteiger partial charge on any atom is 0.337 e. The molecule has 0 spiro atoms. The lowest BCUT2D eigenvalue weighted by atomic mass is 10.2. The van der Waals surface area contributed by atoms with E-state index in [1.54, 1.807) is 6.92 Å². The summed E-state index contributed by atoms with van der Waals surface area (Å²) < 4.78 is 31.0. The Kier molecular flexibility index (Phi) is 4.19. The van der Waals surface area contributed by atoms with Crippen molar-refractivity contribution in [1.29, 1.82) is 0 Å². The van der Waals surface area contributed by atoms with Crippen LogP contribution in [-0.2, 0) is 15.8 Å². The molecule has 7 nitrogen and oxygen atoms in total. The molecule has 0 aliphatic heterocycles. The predicted molar refractivity (Wildman–Crippen MR) is 75.9 cm³/mol. The fraction of sp³-hybridized carbons (Fsp3) is 0.167. The lowest BCUT2D eigenvalue weighted by molar-refractivity contribution is 0.0698. The van der Waals surface area contributed by atoms with Crippen LogP contribution in [0, 0.1) is 6.92 Å². The lowest BCUT2D eigenvalue weighted by Gasteiger charge is -2.10. The summed E-state index contributed by atoms with van der Waals surface area (Å²) in [4.78, 5) is 11.1. The second kappa shape index (κ2) is 5.74. The molecule has 2 rings (SSSR count). The number of carboxylic acids is 1. The first-order chi connectivity index (χ1) is 9.77. The highest BCUT2D eigenvalue weighted by molar-refractivity contribution is 7.91. The maximum atomic E-state index is 12.0. The van der Waals surface area contributed by atoms with Crippen molar-refractivity contribution >= 4 is 33.3 Å². The van der Waals surface area contributed by atoms with Gasteiger partial charge in [0.05, 0.1) is 11.3 Å². The summed E-state index contributed by atoms with van der Waals surface area (Å²) in [6, 6.07) is 5.30. The molecule has 1 heterocycles. The van der Waals surface area contributed by atoms with Crippen LogP contribution in [0.3, 0.4) is 0 Å². The predicted octanol–water partition coefficient (Wildman–Crippen LogP) is 2.28. The van der Waals surface area contributed by atoms with Gasteiger partial charge in [0.2, 0.25) is 10.0 Å². The zero-order chi connectivity index (χ0) is 15.6. The van der Waals surface area contributed by atoms with Crippen LogP contribution in [0.15, 0.2) is 28.8 Å². The number of aryl methyl sites for hydroxylation is 1. The van der Waals surface area contributed by atoms with Gasteiger partial charge < -0.3 is 9.63 Å². The number of hydrogen-bond donors (Lipinski definition) is 2. The molecule has 0 aliphatic carbocycles. The number of anilines is 1. The highest BCUT2D eigenvalue weighted by Crippen LogP contribution is 2.23. The average molecular weight is 331 g/mol. The van der Waals surface area contributed by atoms with Crippen LogP contribution in [0.25, 0.3) is 0 Å². The Morgan fingerprint density at radius 1 is 1.43 bits per heavy atom. The quantitative estimate of drug-likeness (QED) is 0.870. The zero-order valence-corrected chi connectivity index (χ0v) is 12.4. The van der Waals surface area contributed by atoms with E-state index in [9.17, 15) is 13.2 Å². The molecule has 0 saturated carbocycles. The molecule has 0 unspecified atom stereocenters. The zero-order valence-electron chi connectivity index (χ0n) is 10.8. The van der Waals surface area contributed by atoms with Crippen molar-refractivity contribution in [3.05, 3.63) is 46.3 Å². The number of hydrogen-bond acceptors (Lipinski definition) is 5. The minimum Gasteiger partial charge on any atom is -0.478 e. The van der Waals surface area contributed by atoms with Crippen molar-refractivity contribution in [3.8, 4) is 0 Å². The van der Waals surface area contributed by atoms with Gasteiger partial charge in [0.15, 0.2) is 0 Å². The second-order valence-electron chi connectivity index (χ2n) is 4.29. The number of carboxylic acid groups (broad SMARTS) is 1. The number of benzene rings is 1. The number of carbonyl (C=O) groups is 1. The summed E-state index contributed by atoms with van der Waals surface area (Å²) in [7, 11) is -3.84. The van der Waals surface area contributed by atoms with E-state index in [-0.39, 0.29) is 22.0 Å². The average Bonchev–Trinajstić information content (AvgIpc) is 2.72. The summed E-state index contributed by atoms with van der Waals surface area (Å²) in [6.45, 7) is 1.63. The Morgan fingerprint density at radius 3 is 2.71 bits per heavy atom. The SMILES string of the molecule is Cc1cc(CS(=O)(=O)Nc2cc(Cl)ccc2C(=O)O)no1. The van der Waals surface area contributed by atoms with Gasteiger partial charge in [-0.3, -0.25) is 4.72 Å². The maximum absolute atomic E-state index is 12.0. The molecule has 2 aromatic rings. The molecule has 21 heavy (non-hydrogen) atoms. The molecule has 0 radical (unpaired) electrons. The molecule has 0 amide bonds. The highest BCUT2D eigenvalue weighted by Gasteiger charge is 2.19. The van der Waals surface area contributed by atoms with Crippen molar-refractivity contribution in [2.45, 2.75) is 12.7 Å². The summed E-state index contributed by atoms with van der Waals surface area (Å²) in [5.74, 6) is -1.22. The van der Waals surface area contributed by atoms with Crippen LogP contribution in [0.1, 0.15) is 21.8 Å². The van der Waals surface area contributed by atoms with Gasteiger partial charge in [0, 0.05) is 11.1 Å². The topological polar surface area (TPSA) is 110 Å². The van der Waals surface area contributed by atoms with Crippen molar-refractivity contribution in [1.82, 2.24) is 5.16 Å². The Balaban J connectivity index is 2.28. The van der Waals surface area contributed by atoms with E-state index in [1.807, 2.05) is 0 Å². The fourth-order valence-corrected chi connectivity index (χ4v) is 2.95. The van der Waals surface area contributed by atoms with Gasteiger partial charge in [-0.15, -0.1) is 0 Å². The van der Waals surface area contributed by atoms with Crippen LogP contribution in [-0.4, -0.2) is 24.7 Å². The molecule has 0 saturated heterocycles. The first kappa shape index (κ1) is 15.3. The van der Waals surface area contributed by atoms with Crippen LogP contribution < -0.4 is 4.72 Å². The Labute approximate surface area is 125 Å². The molecule has 0 fully saturated rings. The van der Waals surface area contributed by atoms with E-state index in [0.29, 0.717) is 5.76 Å². The Hall–Kier alpha value is -2.06. The summed E-state index contributed by atoms with van der Waals surface area (Å²) in [5.41, 5.74) is -0.0755. The third-order valence-electron chi connectivity index (χ3n) is 2.49. The summed E-state index contributed by atoms with van der Waals surface area (Å²) >= 11 is 5.76. The van der Waals surface area contributed by atoms with Gasteiger partial charge in [-0.25, -0.2) is 13.2 Å². The standard InChI is InChI=1S/C12H11ClN2O5S/c1-7-4-9(14-20-7)6-21(18,19)15-11-5-8(13)2-3-10(11)12(16)17/h2-5,15H,6H2,1H3,(H,16,17). The minimum absolute atomic E-state index is 0.102. The largest absolute Gasteiger partial charge is 0.478 e. The van der Waals surface area contributed by atoms with Gasteiger partial charge in [-0.2, -0.15) is 0 Å². The highest BCUT2D eigenvalue weighted by atomic mass is 35.5. The third-order valence-corrected chi connectivity index (χ3v) is 3.93. The van der Waals surface area contributed by atoms with Gasteiger partial charge in [-0.1, -0.05) is 16.8 Å². The summed E-state index contributed by atoms with van der Waals surface area (Å²) in [6.07, 6.45) is 0. The first-order valence-electron chi connectivity index (χ1n) is 5.72. The van der Waals surface area contributed by atoms with E-state index < -0.39 is 21.7 Å². The van der Waals surface area contributed by atoms with Gasteiger partial charge in [0.1, 0.15) is 17.2 Å². The van der Waals surface area contributed by atoms with E-state index >= 15 is 0 Å². The van der Waals surface area contributed by atoms with E-state index in [4.69, 9.17) is 21.2 Å². The number of rotatable bonds is 5. The third kappa shape index (κ3) is 3.96. The molecule has 1 aromatic carbocycles. The van der Waals surface area contributed by atoms with Crippen LogP contribution in [0.5, 0.6) is 0 Å². The second-order valence-corrected chi connectivity index (χ2v) is 6.44. The number of nitrogens with one attached hydrogen (secondary N) is 1. The molecule has 0 bridgehead atoms. The number of nitrogens with zero attached hydrogens (tertiary/aromatic N) is 1. The van der Waals surface area contributed by atoms with Gasteiger partial charge in [-0.05, 0) is 25.1 Å². The summed E-state index contributed by atoms with van der Waals surface area (Å²) in [5, 5.41) is 12.8. The van der Waals surface area contributed by atoms with Gasteiger partial charge >= 0.3 is 5.97 Å². The van der Waals surface area contributed by atoms with Crippen LogP contribution >= 0.6 is 11.6 Å². The van der Waals surface area contributed by atoms with Crippen molar-refractivity contribution in [2.75, 3.05) is 4.72 Å². The van der Waals surface area contributed by atoms with Crippen molar-refractivity contribution in [2.24, 2.45) is 0 Å². The van der Waals surface area contributed by atoms with Crippen molar-refractivity contribution < 1.29 is 22.8 Å². The number of aromatic carboxylic acids is 1. The first-order valence-corrected chi connectivity index (χ1v) is 7.75. The van der Waals surface area contributed by atoms with Crippen LogP contribution in [0.4, 0.5) is 5.69 Å². The minimum atomic E-state index is -3.84.